The van der Waals surface area contributed by atoms with Gasteiger partial charge in [-0.15, -0.1) is 0 Å². The van der Waals surface area contributed by atoms with E-state index in [1.807, 2.05) is 0 Å². The zero-order valence-electron chi connectivity index (χ0n) is 12.0. The molecule has 0 saturated heterocycles. The van der Waals surface area contributed by atoms with E-state index in [0.29, 0.717) is 21.2 Å². The quantitative estimate of drug-likeness (QED) is 0.309. The highest BCUT2D eigenvalue weighted by molar-refractivity contribution is 7.99. The molecule has 0 saturated carbocycles. The van der Waals surface area contributed by atoms with Crippen LogP contribution in [0, 0.1) is 10.1 Å². The maximum atomic E-state index is 12.2. The number of phenolic OH excluding ortho intramolecular Hbond substituents is 1. The van der Waals surface area contributed by atoms with Crippen LogP contribution in [-0.2, 0) is 0 Å². The van der Waals surface area contributed by atoms with Crippen molar-refractivity contribution in [3.05, 3.63) is 57.1 Å². The van der Waals surface area contributed by atoms with Crippen LogP contribution in [0.3, 0.4) is 0 Å². The number of H-pyrrole nitrogens is 1. The first-order valence-corrected chi connectivity index (χ1v) is 8.09. The van der Waals surface area contributed by atoms with Gasteiger partial charge in [-0.3, -0.25) is 14.9 Å². The van der Waals surface area contributed by atoms with Gasteiger partial charge >= 0.3 is 0 Å². The number of carbonyl (C=O) groups excluding carboxylic acids is 1. The summed E-state index contributed by atoms with van der Waals surface area (Å²) in [6.07, 6.45) is 0. The van der Waals surface area contributed by atoms with Crippen molar-refractivity contribution in [3.8, 4) is 5.75 Å². The number of hydrogen-bond acceptors (Lipinski definition) is 6. The van der Waals surface area contributed by atoms with Crippen LogP contribution in [0.1, 0.15) is 10.4 Å². The van der Waals surface area contributed by atoms with Gasteiger partial charge in [-0.05, 0) is 24.3 Å². The number of fused-ring (bicyclic) bond motifs is 1. The SMILES string of the molecule is O=C(CSc1nc2ccc([N+](=O)[O-])cc2[nH]1)c1cc(Cl)ccc1O. The number of nitro benzene ring substituents is 1. The minimum Gasteiger partial charge on any atom is -0.507 e. The number of thioether (sulfide) groups is 1. The second kappa shape index (κ2) is 6.50. The molecule has 0 unspecified atom stereocenters. The standard InChI is InChI=1S/C15H10ClN3O4S/c16-8-1-4-13(20)10(5-8)14(21)7-24-15-17-11-3-2-9(19(22)23)6-12(11)18-15/h1-6,20H,7H2,(H,17,18). The van der Waals surface area contributed by atoms with E-state index in [1.54, 1.807) is 6.07 Å². The molecule has 1 heterocycles. The van der Waals surface area contributed by atoms with Gasteiger partial charge in [0.1, 0.15) is 5.75 Å². The van der Waals surface area contributed by atoms with Crippen molar-refractivity contribution in [3.63, 3.8) is 0 Å². The molecular formula is C15H10ClN3O4S. The topological polar surface area (TPSA) is 109 Å². The summed E-state index contributed by atoms with van der Waals surface area (Å²) in [4.78, 5) is 29.7. The highest BCUT2D eigenvalue weighted by Gasteiger charge is 2.14. The van der Waals surface area contributed by atoms with Crippen LogP contribution < -0.4 is 0 Å². The van der Waals surface area contributed by atoms with Crippen molar-refractivity contribution >= 4 is 45.9 Å². The molecule has 2 N–H and O–H groups in total. The summed E-state index contributed by atoms with van der Waals surface area (Å²) in [5.74, 6) is -0.396. The normalized spacial score (nSPS) is 10.9. The van der Waals surface area contributed by atoms with Crippen LogP contribution in [0.4, 0.5) is 5.69 Å². The van der Waals surface area contributed by atoms with Crippen molar-refractivity contribution in [1.29, 1.82) is 0 Å². The van der Waals surface area contributed by atoms with Crippen LogP contribution in [0.15, 0.2) is 41.6 Å². The van der Waals surface area contributed by atoms with E-state index in [-0.39, 0.29) is 28.5 Å². The average molecular weight is 364 g/mol. The Balaban J connectivity index is 1.76. The summed E-state index contributed by atoms with van der Waals surface area (Å²) >= 11 is 6.97. The van der Waals surface area contributed by atoms with Gasteiger partial charge in [-0.25, -0.2) is 4.98 Å². The van der Waals surface area contributed by atoms with Gasteiger partial charge in [0.25, 0.3) is 5.69 Å². The predicted molar refractivity (Wildman–Crippen MR) is 90.9 cm³/mol. The molecule has 0 aliphatic rings. The van der Waals surface area contributed by atoms with Gasteiger partial charge < -0.3 is 10.1 Å². The molecular weight excluding hydrogens is 354 g/mol. The molecule has 3 aromatic rings. The van der Waals surface area contributed by atoms with Gasteiger partial charge in [0.15, 0.2) is 10.9 Å². The lowest BCUT2D eigenvalue weighted by atomic mass is 10.1. The largest absolute Gasteiger partial charge is 0.507 e. The average Bonchev–Trinajstić information content (AvgIpc) is 2.96. The Kier molecular flexibility index (Phi) is 4.41. The number of benzene rings is 2. The van der Waals surface area contributed by atoms with Crippen LogP contribution in [0.2, 0.25) is 5.02 Å². The van der Waals surface area contributed by atoms with Gasteiger partial charge in [-0.2, -0.15) is 0 Å². The lowest BCUT2D eigenvalue weighted by Crippen LogP contribution is -2.03. The third-order valence-corrected chi connectivity index (χ3v) is 4.36. The molecule has 24 heavy (non-hydrogen) atoms. The number of nitro groups is 1. The van der Waals surface area contributed by atoms with Crippen LogP contribution in [-0.4, -0.2) is 31.5 Å². The number of phenols is 1. The van der Waals surface area contributed by atoms with Crippen LogP contribution in [0.5, 0.6) is 5.75 Å². The number of nitrogens with one attached hydrogen (secondary N) is 1. The van der Waals surface area contributed by atoms with Gasteiger partial charge in [0, 0.05) is 17.2 Å². The third kappa shape index (κ3) is 3.34. The Bertz CT molecular complexity index is 957. The first-order valence-electron chi connectivity index (χ1n) is 6.73. The number of aromatic hydroxyl groups is 1. The Morgan fingerprint density at radius 1 is 1.33 bits per heavy atom. The first-order chi connectivity index (χ1) is 11.4. The fraction of sp³-hybridized carbons (Fsp3) is 0.0667. The predicted octanol–water partition coefficient (Wildman–Crippen LogP) is 3.81. The van der Waals surface area contributed by atoms with Crippen molar-refractivity contribution in [1.82, 2.24) is 9.97 Å². The second-order valence-electron chi connectivity index (χ2n) is 4.87. The molecule has 0 amide bonds. The maximum absolute atomic E-state index is 12.2. The van der Waals surface area contributed by atoms with Crippen molar-refractivity contribution < 1.29 is 14.8 Å². The molecule has 0 bridgehead atoms. The van der Waals surface area contributed by atoms with E-state index < -0.39 is 4.92 Å². The summed E-state index contributed by atoms with van der Waals surface area (Å²) < 4.78 is 0. The molecule has 9 heteroatoms. The fourth-order valence-electron chi connectivity index (χ4n) is 2.10. The summed E-state index contributed by atoms with van der Waals surface area (Å²) in [5.41, 5.74) is 1.19. The first kappa shape index (κ1) is 16.3. The number of carbonyl (C=O) groups is 1. The lowest BCUT2D eigenvalue weighted by molar-refractivity contribution is -0.384. The molecule has 122 valence electrons. The zero-order chi connectivity index (χ0) is 17.3. The minimum absolute atomic E-state index is 0.0375. The number of aromatic amines is 1. The van der Waals surface area contributed by atoms with Crippen LogP contribution >= 0.6 is 23.4 Å². The van der Waals surface area contributed by atoms with E-state index in [2.05, 4.69) is 9.97 Å². The minimum atomic E-state index is -0.488. The molecule has 0 spiro atoms. The summed E-state index contributed by atoms with van der Waals surface area (Å²) in [6.45, 7) is 0. The molecule has 3 rings (SSSR count). The lowest BCUT2D eigenvalue weighted by Gasteiger charge is -2.03. The Hall–Kier alpha value is -2.58. The highest BCUT2D eigenvalue weighted by atomic mass is 35.5. The number of imidazole rings is 1. The molecule has 2 aromatic carbocycles. The fourth-order valence-corrected chi connectivity index (χ4v) is 3.04. The van der Waals surface area contributed by atoms with E-state index in [9.17, 15) is 20.0 Å². The smallest absolute Gasteiger partial charge is 0.271 e. The number of rotatable bonds is 5. The summed E-state index contributed by atoms with van der Waals surface area (Å²) in [6, 6.07) is 8.55. The highest BCUT2D eigenvalue weighted by Crippen LogP contribution is 2.26. The van der Waals surface area contributed by atoms with Crippen LogP contribution in [0.25, 0.3) is 11.0 Å². The van der Waals surface area contributed by atoms with Crippen molar-refractivity contribution in [2.45, 2.75) is 5.16 Å². The van der Waals surface area contributed by atoms with E-state index in [1.165, 1.54) is 30.3 Å². The molecule has 0 aliphatic carbocycles. The Morgan fingerprint density at radius 2 is 2.12 bits per heavy atom. The van der Waals surface area contributed by atoms with E-state index >= 15 is 0 Å². The zero-order valence-corrected chi connectivity index (χ0v) is 13.6. The number of aromatic nitrogens is 2. The Morgan fingerprint density at radius 3 is 2.88 bits per heavy atom. The number of ketones is 1. The van der Waals surface area contributed by atoms with Gasteiger partial charge in [0.05, 0.1) is 27.3 Å². The van der Waals surface area contributed by atoms with E-state index in [0.717, 1.165) is 11.8 Å². The number of hydrogen-bond donors (Lipinski definition) is 2. The molecule has 0 radical (unpaired) electrons. The Labute approximate surface area is 144 Å². The number of non-ortho nitro benzene ring substituents is 1. The molecule has 0 atom stereocenters. The number of nitrogens with zero attached hydrogens (tertiary/aromatic N) is 2. The summed E-state index contributed by atoms with van der Waals surface area (Å²) in [7, 11) is 0. The summed E-state index contributed by atoms with van der Waals surface area (Å²) in [5, 5.41) is 21.3. The van der Waals surface area contributed by atoms with Gasteiger partial charge in [0.2, 0.25) is 0 Å². The maximum Gasteiger partial charge on any atom is 0.271 e. The molecule has 7 nitrogen and oxygen atoms in total. The van der Waals surface area contributed by atoms with Crippen molar-refractivity contribution in [2.24, 2.45) is 0 Å². The third-order valence-electron chi connectivity index (χ3n) is 3.25. The monoisotopic (exact) mass is 363 g/mol. The molecule has 0 fully saturated rings. The van der Waals surface area contributed by atoms with Gasteiger partial charge in [-0.1, -0.05) is 23.4 Å². The molecule has 0 aliphatic heterocycles. The van der Waals surface area contributed by atoms with E-state index in [4.69, 9.17) is 11.6 Å². The number of halogens is 1. The number of Topliss-reactive ketones (excluding diaryl/α,β-unsaturated/α-hetero) is 1. The van der Waals surface area contributed by atoms with Crippen molar-refractivity contribution in [2.75, 3.05) is 5.75 Å². The molecule has 1 aromatic heterocycles. The second-order valence-corrected chi connectivity index (χ2v) is 6.27.